The molecule has 0 radical (unpaired) electrons. The van der Waals surface area contributed by atoms with Crippen LogP contribution in [0, 0.1) is 0 Å². The second kappa shape index (κ2) is 5.00. The summed E-state index contributed by atoms with van der Waals surface area (Å²) in [5, 5.41) is 9.60. The fourth-order valence-corrected chi connectivity index (χ4v) is 1.30. The minimum absolute atomic E-state index is 0.407. The van der Waals surface area contributed by atoms with Crippen LogP contribution in [0.1, 0.15) is 30.6 Å². The molecule has 3 N–H and O–H groups in total. The number of aliphatic hydroxyl groups is 1. The summed E-state index contributed by atoms with van der Waals surface area (Å²) in [5.41, 5.74) is 7.62. The van der Waals surface area contributed by atoms with E-state index < -0.39 is 6.10 Å². The Labute approximate surface area is 79.4 Å². The van der Waals surface area contributed by atoms with E-state index >= 15 is 0 Å². The normalized spacial score (nSPS) is 12.8. The van der Waals surface area contributed by atoms with Crippen molar-refractivity contribution >= 4 is 0 Å². The molecule has 0 saturated carbocycles. The van der Waals surface area contributed by atoms with Crippen molar-refractivity contribution in [1.29, 1.82) is 0 Å². The Kier molecular flexibility index (Phi) is 3.93. The van der Waals surface area contributed by atoms with Crippen molar-refractivity contribution in [3.05, 3.63) is 35.4 Å². The lowest BCUT2D eigenvalue weighted by Crippen LogP contribution is -2.06. The first-order chi connectivity index (χ1) is 6.27. The van der Waals surface area contributed by atoms with Crippen molar-refractivity contribution in [2.75, 3.05) is 6.54 Å². The lowest BCUT2D eigenvalue weighted by Gasteiger charge is -2.09. The van der Waals surface area contributed by atoms with Crippen molar-refractivity contribution < 1.29 is 5.11 Å². The van der Waals surface area contributed by atoms with Crippen LogP contribution in [-0.2, 0) is 6.42 Å². The molecule has 0 saturated heterocycles. The fraction of sp³-hybridized carbons (Fsp3) is 0.455. The maximum Gasteiger partial charge on any atom is 0.0802 e. The summed E-state index contributed by atoms with van der Waals surface area (Å²) in [5.74, 6) is 0. The molecule has 0 aliphatic heterocycles. The van der Waals surface area contributed by atoms with E-state index in [1.807, 2.05) is 12.1 Å². The zero-order valence-corrected chi connectivity index (χ0v) is 8.03. The molecule has 13 heavy (non-hydrogen) atoms. The Morgan fingerprint density at radius 3 is 2.38 bits per heavy atom. The van der Waals surface area contributed by atoms with E-state index in [-0.39, 0.29) is 0 Å². The van der Waals surface area contributed by atoms with Crippen molar-refractivity contribution in [2.45, 2.75) is 25.9 Å². The van der Waals surface area contributed by atoms with Crippen LogP contribution in [0.2, 0.25) is 0 Å². The summed E-state index contributed by atoms with van der Waals surface area (Å²) < 4.78 is 0. The van der Waals surface area contributed by atoms with E-state index in [0.717, 1.165) is 12.0 Å². The van der Waals surface area contributed by atoms with Crippen LogP contribution in [0.3, 0.4) is 0 Å². The molecule has 0 aliphatic carbocycles. The van der Waals surface area contributed by atoms with Gasteiger partial charge in [-0.15, -0.1) is 0 Å². The van der Waals surface area contributed by atoms with E-state index in [1.165, 1.54) is 5.56 Å². The summed E-state index contributed by atoms with van der Waals surface area (Å²) in [6.07, 6.45) is 1.26. The summed E-state index contributed by atoms with van der Waals surface area (Å²) in [6.45, 7) is 2.64. The number of benzene rings is 1. The van der Waals surface area contributed by atoms with Crippen LogP contribution >= 0.6 is 0 Å². The average molecular weight is 179 g/mol. The average Bonchev–Trinajstić information content (AvgIpc) is 2.18. The van der Waals surface area contributed by atoms with Gasteiger partial charge < -0.3 is 10.8 Å². The quantitative estimate of drug-likeness (QED) is 0.738. The van der Waals surface area contributed by atoms with Crippen LogP contribution in [0.25, 0.3) is 0 Å². The highest BCUT2D eigenvalue weighted by Crippen LogP contribution is 2.16. The predicted molar refractivity (Wildman–Crippen MR) is 54.5 cm³/mol. The lowest BCUT2D eigenvalue weighted by molar-refractivity contribution is 0.170. The summed E-state index contributed by atoms with van der Waals surface area (Å²) >= 11 is 0. The summed E-state index contributed by atoms with van der Waals surface area (Å²) in [7, 11) is 0. The molecule has 72 valence electrons. The van der Waals surface area contributed by atoms with Gasteiger partial charge in [-0.05, 0) is 30.5 Å². The van der Waals surface area contributed by atoms with Crippen LogP contribution < -0.4 is 5.73 Å². The lowest BCUT2D eigenvalue weighted by atomic mass is 10.0. The highest BCUT2D eigenvalue weighted by atomic mass is 16.3. The molecule has 0 amide bonds. The minimum Gasteiger partial charge on any atom is -0.388 e. The Hall–Kier alpha value is -0.860. The molecular weight excluding hydrogens is 162 g/mol. The van der Waals surface area contributed by atoms with Crippen LogP contribution in [0.15, 0.2) is 24.3 Å². The van der Waals surface area contributed by atoms with Gasteiger partial charge in [0.15, 0.2) is 0 Å². The maximum atomic E-state index is 9.60. The van der Waals surface area contributed by atoms with Gasteiger partial charge in [-0.1, -0.05) is 31.2 Å². The van der Waals surface area contributed by atoms with Gasteiger partial charge in [0, 0.05) is 0 Å². The number of hydrogen-bond acceptors (Lipinski definition) is 2. The van der Waals surface area contributed by atoms with Gasteiger partial charge in [0.1, 0.15) is 0 Å². The van der Waals surface area contributed by atoms with Gasteiger partial charge >= 0.3 is 0 Å². The van der Waals surface area contributed by atoms with Gasteiger partial charge in [-0.25, -0.2) is 0 Å². The molecule has 1 atom stereocenters. The molecule has 0 aromatic heterocycles. The van der Waals surface area contributed by atoms with E-state index in [2.05, 4.69) is 19.1 Å². The van der Waals surface area contributed by atoms with E-state index in [4.69, 9.17) is 5.73 Å². The molecule has 0 spiro atoms. The highest BCUT2D eigenvalue weighted by Gasteiger charge is 2.04. The maximum absolute atomic E-state index is 9.60. The van der Waals surface area contributed by atoms with Gasteiger partial charge in [-0.3, -0.25) is 0 Å². The zero-order chi connectivity index (χ0) is 9.68. The smallest absolute Gasteiger partial charge is 0.0802 e. The minimum atomic E-state index is -0.407. The van der Waals surface area contributed by atoms with Crippen molar-refractivity contribution in [3.8, 4) is 0 Å². The van der Waals surface area contributed by atoms with Gasteiger partial charge in [-0.2, -0.15) is 0 Å². The van der Waals surface area contributed by atoms with E-state index in [9.17, 15) is 5.11 Å². The van der Waals surface area contributed by atoms with Crippen molar-refractivity contribution in [1.82, 2.24) is 0 Å². The Morgan fingerprint density at radius 1 is 1.31 bits per heavy atom. The largest absolute Gasteiger partial charge is 0.388 e. The van der Waals surface area contributed by atoms with Gasteiger partial charge in [0.2, 0.25) is 0 Å². The molecule has 0 unspecified atom stereocenters. The highest BCUT2D eigenvalue weighted by molar-refractivity contribution is 5.24. The zero-order valence-electron chi connectivity index (χ0n) is 8.03. The number of aryl methyl sites for hydroxylation is 1. The molecule has 1 aromatic carbocycles. The SMILES string of the molecule is CCc1ccc([C@H](O)CCN)cc1. The first-order valence-corrected chi connectivity index (χ1v) is 4.75. The molecule has 2 heteroatoms. The molecule has 1 rings (SSSR count). The first kappa shape index (κ1) is 10.2. The second-order valence-electron chi connectivity index (χ2n) is 3.19. The molecular formula is C11H17NO. The van der Waals surface area contributed by atoms with Gasteiger partial charge in [0.05, 0.1) is 6.10 Å². The molecule has 1 aromatic rings. The number of rotatable bonds is 4. The summed E-state index contributed by atoms with van der Waals surface area (Å²) in [6, 6.07) is 8.04. The van der Waals surface area contributed by atoms with Crippen molar-refractivity contribution in [3.63, 3.8) is 0 Å². The van der Waals surface area contributed by atoms with Crippen LogP contribution in [0.5, 0.6) is 0 Å². The molecule has 0 fully saturated rings. The number of aliphatic hydroxyl groups excluding tert-OH is 1. The number of nitrogens with two attached hydrogens (primary N) is 1. The topological polar surface area (TPSA) is 46.2 Å². The van der Waals surface area contributed by atoms with E-state index in [1.54, 1.807) is 0 Å². The van der Waals surface area contributed by atoms with Gasteiger partial charge in [0.25, 0.3) is 0 Å². The molecule has 0 aliphatic rings. The third-order valence-corrected chi connectivity index (χ3v) is 2.21. The van der Waals surface area contributed by atoms with Crippen LogP contribution in [-0.4, -0.2) is 11.7 Å². The molecule has 2 nitrogen and oxygen atoms in total. The number of hydrogen-bond donors (Lipinski definition) is 2. The standard InChI is InChI=1S/C11H17NO/c1-2-9-3-5-10(6-4-9)11(13)7-8-12/h3-6,11,13H,2,7-8,12H2,1H3/t11-/m1/s1. The molecule has 0 bridgehead atoms. The Morgan fingerprint density at radius 2 is 1.92 bits per heavy atom. The molecule has 0 heterocycles. The Bertz CT molecular complexity index is 243. The fourth-order valence-electron chi connectivity index (χ4n) is 1.30. The monoisotopic (exact) mass is 179 g/mol. The predicted octanol–water partition coefficient (Wildman–Crippen LogP) is 1.63. The second-order valence-corrected chi connectivity index (χ2v) is 3.19. The third-order valence-electron chi connectivity index (χ3n) is 2.21. The first-order valence-electron chi connectivity index (χ1n) is 4.75. The summed E-state index contributed by atoms with van der Waals surface area (Å²) in [4.78, 5) is 0. The van der Waals surface area contributed by atoms with Crippen LogP contribution in [0.4, 0.5) is 0 Å². The van der Waals surface area contributed by atoms with Crippen molar-refractivity contribution in [2.24, 2.45) is 5.73 Å². The van der Waals surface area contributed by atoms with E-state index in [0.29, 0.717) is 13.0 Å². The Balaban J connectivity index is 2.67. The third kappa shape index (κ3) is 2.83.